The third-order valence-corrected chi connectivity index (χ3v) is 3.75. The Balaban J connectivity index is 1.71. The van der Waals surface area contributed by atoms with Crippen molar-refractivity contribution in [1.29, 1.82) is 0 Å². The van der Waals surface area contributed by atoms with Crippen molar-refractivity contribution in [2.45, 2.75) is 12.3 Å². The number of piperidine rings is 1. The van der Waals surface area contributed by atoms with Crippen molar-refractivity contribution >= 4 is 0 Å². The summed E-state index contributed by atoms with van der Waals surface area (Å²) in [7, 11) is 0. The molecule has 0 radical (unpaired) electrons. The van der Waals surface area contributed by atoms with E-state index in [0.717, 1.165) is 12.1 Å². The molecule has 0 aromatic heterocycles. The highest BCUT2D eigenvalue weighted by Gasteiger charge is 2.27. The Labute approximate surface area is 151 Å². The Bertz CT molecular complexity index is 1020. The van der Waals surface area contributed by atoms with E-state index in [1.165, 1.54) is 30.3 Å². The maximum Gasteiger partial charge on any atom is 0.231 e. The molecule has 0 bridgehead atoms. The van der Waals surface area contributed by atoms with E-state index in [0.29, 0.717) is 0 Å². The standard InChI is InChI=1S/C19H20FNO3/c20-15-3-1-13(2-4-15)17-7-8-21-10-14(17)11-22-16-5-6-18-19(9-16)24-12-23-18/h1-6,9,14,17,21H,7-8,10-12H2/t14?,17-/m0/s1/i7D2,10D2,11D2,12D2. The van der Waals surface area contributed by atoms with Gasteiger partial charge in [-0.1, -0.05) is 12.1 Å². The highest BCUT2D eigenvalue weighted by molar-refractivity contribution is 5.46. The molecule has 2 heterocycles. The van der Waals surface area contributed by atoms with Crippen molar-refractivity contribution in [3.63, 3.8) is 0 Å². The van der Waals surface area contributed by atoms with Crippen LogP contribution in [0.3, 0.4) is 0 Å². The minimum absolute atomic E-state index is 0.0153. The van der Waals surface area contributed by atoms with Crippen LogP contribution in [0.5, 0.6) is 17.2 Å². The molecule has 126 valence electrons. The Morgan fingerprint density at radius 1 is 1.21 bits per heavy atom. The summed E-state index contributed by atoms with van der Waals surface area (Å²) in [5, 5.41) is 2.42. The second-order valence-corrected chi connectivity index (χ2v) is 5.32. The third-order valence-electron chi connectivity index (χ3n) is 3.75. The lowest BCUT2D eigenvalue weighted by Gasteiger charge is -2.32. The van der Waals surface area contributed by atoms with Gasteiger partial charge in [0.25, 0.3) is 0 Å². The number of hydrogen-bond donors (Lipinski definition) is 1. The zero-order valence-electron chi connectivity index (χ0n) is 20.5. The van der Waals surface area contributed by atoms with Crippen molar-refractivity contribution in [2.24, 2.45) is 5.92 Å². The van der Waals surface area contributed by atoms with E-state index >= 15 is 0 Å². The normalized spacial score (nSPS) is 34.2. The van der Waals surface area contributed by atoms with E-state index < -0.39 is 43.8 Å². The van der Waals surface area contributed by atoms with Crippen LogP contribution in [0.4, 0.5) is 4.39 Å². The van der Waals surface area contributed by atoms with Crippen LogP contribution >= 0.6 is 0 Å². The van der Waals surface area contributed by atoms with Gasteiger partial charge >= 0.3 is 0 Å². The van der Waals surface area contributed by atoms with Gasteiger partial charge in [0.15, 0.2) is 11.5 Å². The average molecular weight is 337 g/mol. The lowest BCUT2D eigenvalue weighted by atomic mass is 9.81. The summed E-state index contributed by atoms with van der Waals surface area (Å²) in [6.45, 7) is -7.87. The van der Waals surface area contributed by atoms with Gasteiger partial charge in [-0.2, -0.15) is 0 Å². The van der Waals surface area contributed by atoms with E-state index in [9.17, 15) is 4.39 Å². The van der Waals surface area contributed by atoms with E-state index in [-0.39, 0.29) is 29.4 Å². The van der Waals surface area contributed by atoms with Crippen molar-refractivity contribution in [3.8, 4) is 17.2 Å². The van der Waals surface area contributed by atoms with Crippen LogP contribution in [0.15, 0.2) is 42.5 Å². The zero-order valence-corrected chi connectivity index (χ0v) is 12.5. The highest BCUT2D eigenvalue weighted by atomic mass is 19.1. The number of benzene rings is 2. The SMILES string of the molecule is [2H]C1([2H])Oc2ccc(OC([2H])([2H])C3[C@H](c4ccc(F)cc4)C([2H])([2H])CNC3([2H])[2H])cc2O1. The first-order valence-electron chi connectivity index (χ1n) is 11.4. The van der Waals surface area contributed by atoms with Crippen molar-refractivity contribution in [2.75, 3.05) is 26.3 Å². The fourth-order valence-electron chi connectivity index (χ4n) is 2.56. The second-order valence-electron chi connectivity index (χ2n) is 5.32. The monoisotopic (exact) mass is 337 g/mol. The molecular weight excluding hydrogens is 309 g/mol. The zero-order chi connectivity index (χ0) is 23.5. The summed E-state index contributed by atoms with van der Waals surface area (Å²) in [5.74, 6) is -3.55. The van der Waals surface area contributed by atoms with Crippen LogP contribution in [0.2, 0.25) is 0 Å². The maximum atomic E-state index is 13.5. The van der Waals surface area contributed by atoms with Gasteiger partial charge in [0, 0.05) is 24.0 Å². The molecule has 1 saturated heterocycles. The quantitative estimate of drug-likeness (QED) is 0.929. The fourth-order valence-corrected chi connectivity index (χ4v) is 2.56. The van der Waals surface area contributed by atoms with Gasteiger partial charge in [-0.05, 0) is 48.7 Å². The Kier molecular flexibility index (Phi) is 2.43. The molecule has 2 aliphatic heterocycles. The molecule has 1 fully saturated rings. The van der Waals surface area contributed by atoms with Gasteiger partial charge in [0.05, 0.1) is 9.30 Å². The summed E-state index contributed by atoms with van der Waals surface area (Å²) in [4.78, 5) is 0. The number of rotatable bonds is 4. The smallest absolute Gasteiger partial charge is 0.231 e. The predicted octanol–water partition coefficient (Wildman–Crippen LogP) is 3.33. The molecule has 2 aromatic carbocycles. The average Bonchev–Trinajstić information content (AvgIpc) is 2.97. The number of hydrogen-bond acceptors (Lipinski definition) is 4. The van der Waals surface area contributed by atoms with Crippen molar-refractivity contribution < 1.29 is 29.6 Å². The molecule has 24 heavy (non-hydrogen) atoms. The highest BCUT2D eigenvalue weighted by Crippen LogP contribution is 2.36. The van der Waals surface area contributed by atoms with Gasteiger partial charge in [-0.25, -0.2) is 4.39 Å². The van der Waals surface area contributed by atoms with E-state index in [2.05, 4.69) is 5.32 Å². The van der Waals surface area contributed by atoms with Crippen LogP contribution in [0, 0.1) is 11.7 Å². The van der Waals surface area contributed by atoms with E-state index in [1.54, 1.807) is 0 Å². The topological polar surface area (TPSA) is 39.7 Å². The Morgan fingerprint density at radius 2 is 2.04 bits per heavy atom. The molecule has 4 nitrogen and oxygen atoms in total. The van der Waals surface area contributed by atoms with Crippen LogP contribution in [0.1, 0.15) is 28.8 Å². The maximum absolute atomic E-state index is 13.5. The molecule has 0 aliphatic carbocycles. The van der Waals surface area contributed by atoms with Gasteiger partial charge in [0.1, 0.15) is 14.3 Å². The van der Waals surface area contributed by atoms with Gasteiger partial charge in [0.2, 0.25) is 6.75 Å². The third kappa shape index (κ3) is 3.17. The molecule has 1 unspecified atom stereocenters. The molecule has 0 amide bonds. The molecule has 0 spiro atoms. The minimum Gasteiger partial charge on any atom is -0.493 e. The number of nitrogens with one attached hydrogen (secondary N) is 1. The van der Waals surface area contributed by atoms with Gasteiger partial charge in [-0.3, -0.25) is 0 Å². The second kappa shape index (κ2) is 6.69. The first kappa shape index (κ1) is 8.72. The molecule has 1 N–H and O–H groups in total. The number of fused-ring (bicyclic) bond motifs is 1. The lowest BCUT2D eigenvalue weighted by Crippen LogP contribution is -2.38. The molecule has 2 atom stereocenters. The number of ether oxygens (including phenoxy) is 3. The summed E-state index contributed by atoms with van der Waals surface area (Å²) in [6.07, 6.45) is -2.07. The molecule has 5 heteroatoms. The summed E-state index contributed by atoms with van der Waals surface area (Å²) in [6, 6.07) is 8.71. The van der Waals surface area contributed by atoms with Crippen LogP contribution in [0.25, 0.3) is 0 Å². The van der Waals surface area contributed by atoms with Crippen molar-refractivity contribution in [1.82, 2.24) is 5.32 Å². The molecule has 0 saturated carbocycles. The largest absolute Gasteiger partial charge is 0.493 e. The first-order chi connectivity index (χ1) is 14.7. The Hall–Kier alpha value is -2.27. The van der Waals surface area contributed by atoms with Gasteiger partial charge in [-0.15, -0.1) is 0 Å². The fraction of sp³-hybridized carbons (Fsp3) is 0.368. The van der Waals surface area contributed by atoms with Crippen molar-refractivity contribution in [3.05, 3.63) is 53.8 Å². The summed E-state index contributed by atoms with van der Waals surface area (Å²) >= 11 is 0. The van der Waals surface area contributed by atoms with E-state index in [4.69, 9.17) is 25.2 Å². The molecule has 2 aromatic rings. The van der Waals surface area contributed by atoms with Crippen LogP contribution in [-0.2, 0) is 0 Å². The Morgan fingerprint density at radius 3 is 2.92 bits per heavy atom. The van der Waals surface area contributed by atoms with E-state index in [1.807, 2.05) is 0 Å². The first-order valence-corrected chi connectivity index (χ1v) is 7.42. The van der Waals surface area contributed by atoms with Crippen LogP contribution in [-0.4, -0.2) is 26.3 Å². The minimum atomic E-state index is -2.74. The molecule has 2 aliphatic rings. The number of halogens is 1. The lowest BCUT2D eigenvalue weighted by molar-refractivity contribution is 0.173. The predicted molar refractivity (Wildman–Crippen MR) is 88.2 cm³/mol. The summed E-state index contributed by atoms with van der Waals surface area (Å²) in [5.41, 5.74) is 0.234. The van der Waals surface area contributed by atoms with Gasteiger partial charge < -0.3 is 19.5 Å². The molecular formula is C19H20FNO3. The van der Waals surface area contributed by atoms with Crippen LogP contribution < -0.4 is 19.5 Å². The molecule has 4 rings (SSSR count). The summed E-state index contributed by atoms with van der Waals surface area (Å²) < 4.78 is 94.6.